The van der Waals surface area contributed by atoms with Gasteiger partial charge < -0.3 is 20.1 Å². The molecule has 1 saturated heterocycles. The highest BCUT2D eigenvalue weighted by Gasteiger charge is 2.28. The fourth-order valence-electron chi connectivity index (χ4n) is 3.98. The van der Waals surface area contributed by atoms with Crippen LogP contribution in [0.1, 0.15) is 30.9 Å². The summed E-state index contributed by atoms with van der Waals surface area (Å²) in [5.74, 6) is -3.01. The first-order valence-corrected chi connectivity index (χ1v) is 12.5. The SMILES string of the molecule is CCCCN(C)c1cc(C)c2nc3c(C)cc(=[N+]4CCNCC4)cc-3sc2c1.O=C([O-])C(F)(F)F. The topological polar surface area (TPSA) is 71.3 Å². The molecule has 0 aromatic heterocycles. The lowest BCUT2D eigenvalue weighted by molar-refractivity contribution is -0.344. The minimum Gasteiger partial charge on any atom is -0.542 e. The predicted molar refractivity (Wildman–Crippen MR) is 133 cm³/mol. The molecule has 190 valence electrons. The number of aromatic nitrogens is 1. The number of alkyl halides is 3. The molecule has 1 aliphatic carbocycles. The molecule has 10 heteroatoms. The highest BCUT2D eigenvalue weighted by atomic mass is 32.1. The number of carboxylic acids is 1. The van der Waals surface area contributed by atoms with Crippen molar-refractivity contribution < 1.29 is 23.1 Å². The van der Waals surface area contributed by atoms with Crippen LogP contribution in [0.25, 0.3) is 20.8 Å². The van der Waals surface area contributed by atoms with Gasteiger partial charge in [0.15, 0.2) is 13.1 Å². The lowest BCUT2D eigenvalue weighted by atomic mass is 10.1. The number of aryl methyl sites for hydroxylation is 2. The Bertz CT molecular complexity index is 1230. The maximum absolute atomic E-state index is 10.5. The van der Waals surface area contributed by atoms with Gasteiger partial charge in [0.25, 0.3) is 0 Å². The van der Waals surface area contributed by atoms with Crippen molar-refractivity contribution in [3.8, 4) is 10.6 Å². The number of nitrogens with one attached hydrogen (secondary N) is 1. The Morgan fingerprint density at radius 3 is 2.43 bits per heavy atom. The van der Waals surface area contributed by atoms with E-state index in [4.69, 9.17) is 14.9 Å². The molecular weight excluding hydrogens is 477 g/mol. The largest absolute Gasteiger partial charge is 0.542 e. The van der Waals surface area contributed by atoms with Gasteiger partial charge in [0.1, 0.15) is 5.97 Å². The van der Waals surface area contributed by atoms with Gasteiger partial charge in [-0.3, -0.25) is 0 Å². The molecule has 1 N–H and O–H groups in total. The van der Waals surface area contributed by atoms with Crippen molar-refractivity contribution in [2.45, 2.75) is 39.8 Å². The highest BCUT2D eigenvalue weighted by Crippen LogP contribution is 2.35. The fraction of sp³-hybridized carbons (Fsp3) is 0.480. The molecule has 3 aliphatic rings. The molecule has 0 bridgehead atoms. The van der Waals surface area contributed by atoms with Crippen LogP contribution in [0.5, 0.6) is 0 Å². The summed E-state index contributed by atoms with van der Waals surface area (Å²) in [4.78, 5) is 17.5. The van der Waals surface area contributed by atoms with Crippen molar-refractivity contribution in [1.82, 2.24) is 14.9 Å². The van der Waals surface area contributed by atoms with Gasteiger partial charge in [-0.25, -0.2) is 9.56 Å². The molecule has 35 heavy (non-hydrogen) atoms. The number of unbranched alkanes of at least 4 members (excludes halogenated alkanes) is 1. The molecule has 0 atom stereocenters. The molecule has 1 aromatic carbocycles. The first-order valence-electron chi connectivity index (χ1n) is 11.6. The summed E-state index contributed by atoms with van der Waals surface area (Å²) in [5.41, 5.74) is 6.12. The summed E-state index contributed by atoms with van der Waals surface area (Å²) in [7, 11) is 2.20. The van der Waals surface area contributed by atoms with Crippen LogP contribution in [0.15, 0.2) is 24.3 Å². The molecular formula is C25H31F3N4O2S. The number of fused-ring (bicyclic) bond motifs is 2. The number of carbonyl (C=O) groups excluding carboxylic acids is 1. The van der Waals surface area contributed by atoms with E-state index in [0.717, 1.165) is 43.9 Å². The fourth-order valence-corrected chi connectivity index (χ4v) is 5.18. The Morgan fingerprint density at radius 2 is 1.83 bits per heavy atom. The highest BCUT2D eigenvalue weighted by molar-refractivity contribution is 7.21. The van der Waals surface area contributed by atoms with Gasteiger partial charge in [-0.2, -0.15) is 13.2 Å². The van der Waals surface area contributed by atoms with E-state index < -0.39 is 12.1 Å². The molecule has 0 amide bonds. The predicted octanol–water partition coefficient (Wildman–Crippen LogP) is 2.93. The Labute approximate surface area is 207 Å². The van der Waals surface area contributed by atoms with Gasteiger partial charge in [-0.1, -0.05) is 13.3 Å². The van der Waals surface area contributed by atoms with E-state index in [2.05, 4.69) is 66.9 Å². The normalized spacial score (nSPS) is 14.1. The first-order chi connectivity index (χ1) is 16.5. The number of anilines is 1. The third-order valence-corrected chi connectivity index (χ3v) is 7.01. The minimum atomic E-state index is -5.19. The van der Waals surface area contributed by atoms with Crippen molar-refractivity contribution >= 4 is 33.2 Å². The van der Waals surface area contributed by atoms with Crippen molar-refractivity contribution in [2.24, 2.45) is 0 Å². The zero-order chi connectivity index (χ0) is 25.8. The maximum atomic E-state index is 10.5. The Hall–Kier alpha value is -2.72. The summed E-state index contributed by atoms with van der Waals surface area (Å²) in [5, 5.41) is 13.6. The molecule has 2 aliphatic heterocycles. The molecule has 2 heterocycles. The number of piperazine rings is 1. The standard InChI is InChI=1S/C23H31N4S.C2HF3O2/c1-5-6-9-26(4)18-12-16(2)22-20(14-18)28-21-15-19(13-17(3)23(21)25-22)27-10-7-24-8-11-27;3-2(4,5)1(6)7/h12-15,24H,5-11H2,1-4H3;(H,6,7)/q+1;/p-1. The van der Waals surface area contributed by atoms with Crippen LogP contribution in [0.2, 0.25) is 0 Å². The van der Waals surface area contributed by atoms with Gasteiger partial charge in [0.2, 0.25) is 5.36 Å². The van der Waals surface area contributed by atoms with Gasteiger partial charge in [-0.15, -0.1) is 11.3 Å². The van der Waals surface area contributed by atoms with Gasteiger partial charge in [0, 0.05) is 31.4 Å². The molecule has 0 radical (unpaired) electrons. The molecule has 0 saturated carbocycles. The second-order valence-electron chi connectivity index (χ2n) is 8.73. The lowest BCUT2D eigenvalue weighted by Crippen LogP contribution is -2.45. The van der Waals surface area contributed by atoms with Crippen molar-refractivity contribution in [3.63, 3.8) is 0 Å². The van der Waals surface area contributed by atoms with Crippen molar-refractivity contribution in [2.75, 3.05) is 44.7 Å². The van der Waals surface area contributed by atoms with E-state index in [1.807, 2.05) is 11.3 Å². The summed E-state index contributed by atoms with van der Waals surface area (Å²) in [6.07, 6.45) is -2.75. The second-order valence-corrected chi connectivity index (χ2v) is 9.81. The number of carboxylic acid groups (broad SMARTS) is 1. The summed E-state index contributed by atoms with van der Waals surface area (Å²) < 4.78 is 35.3. The number of rotatable bonds is 4. The number of benzene rings is 2. The van der Waals surface area contributed by atoms with Crippen LogP contribution >= 0.6 is 11.3 Å². The van der Waals surface area contributed by atoms with E-state index in [1.54, 1.807) is 0 Å². The monoisotopic (exact) mass is 508 g/mol. The number of nitrogens with zero attached hydrogens (tertiary/aromatic N) is 3. The van der Waals surface area contributed by atoms with E-state index in [0.29, 0.717) is 0 Å². The first kappa shape index (κ1) is 26.9. The second kappa shape index (κ2) is 11.3. The molecule has 1 aromatic rings. The Kier molecular flexibility index (Phi) is 8.71. The van der Waals surface area contributed by atoms with Crippen LogP contribution in [0.4, 0.5) is 18.9 Å². The smallest absolute Gasteiger partial charge is 0.430 e. The van der Waals surface area contributed by atoms with Crippen LogP contribution in [0.3, 0.4) is 0 Å². The number of hydrogen-bond acceptors (Lipinski definition) is 6. The summed E-state index contributed by atoms with van der Waals surface area (Å²) in [6.45, 7) is 12.0. The summed E-state index contributed by atoms with van der Waals surface area (Å²) in [6, 6.07) is 9.25. The van der Waals surface area contributed by atoms with Gasteiger partial charge >= 0.3 is 6.18 Å². The van der Waals surface area contributed by atoms with Gasteiger partial charge in [-0.05, 0) is 43.5 Å². The number of hydrogen-bond donors (Lipinski definition) is 1. The van der Waals surface area contributed by atoms with E-state index in [1.165, 1.54) is 44.6 Å². The maximum Gasteiger partial charge on any atom is 0.430 e. The number of halogens is 3. The average molecular weight is 509 g/mol. The van der Waals surface area contributed by atoms with E-state index in [9.17, 15) is 13.2 Å². The average Bonchev–Trinajstić information content (AvgIpc) is 2.81. The third kappa shape index (κ3) is 6.70. The van der Waals surface area contributed by atoms with Crippen molar-refractivity contribution in [3.05, 3.63) is 40.7 Å². The Balaban J connectivity index is 0.000000429. The molecule has 0 unspecified atom stereocenters. The van der Waals surface area contributed by atoms with Crippen LogP contribution in [-0.4, -0.2) is 56.9 Å². The van der Waals surface area contributed by atoms with Gasteiger partial charge in [0.05, 0.1) is 33.9 Å². The van der Waals surface area contributed by atoms with Crippen LogP contribution < -0.4 is 25.3 Å². The zero-order valence-electron chi connectivity index (χ0n) is 20.5. The zero-order valence-corrected chi connectivity index (χ0v) is 21.3. The molecule has 0 spiro atoms. The van der Waals surface area contributed by atoms with Crippen LogP contribution in [0, 0.1) is 13.8 Å². The molecule has 1 fully saturated rings. The lowest BCUT2D eigenvalue weighted by Gasteiger charge is -2.20. The van der Waals surface area contributed by atoms with Crippen molar-refractivity contribution in [1.29, 1.82) is 0 Å². The van der Waals surface area contributed by atoms with E-state index >= 15 is 0 Å². The summed E-state index contributed by atoms with van der Waals surface area (Å²) >= 11 is 1.88. The molecule has 4 rings (SSSR count). The molecule has 6 nitrogen and oxygen atoms in total. The number of aliphatic carboxylic acids is 1. The van der Waals surface area contributed by atoms with Crippen LogP contribution in [-0.2, 0) is 4.79 Å². The Morgan fingerprint density at radius 1 is 1.17 bits per heavy atom. The quantitative estimate of drug-likeness (QED) is 0.434. The minimum absolute atomic E-state index is 1.06. The number of carbonyl (C=O) groups is 1. The van der Waals surface area contributed by atoms with E-state index in [-0.39, 0.29) is 0 Å². The third-order valence-electron chi connectivity index (χ3n) is 5.95.